The number of hydrogen-bond acceptors (Lipinski definition) is 1. The van der Waals surface area contributed by atoms with E-state index in [4.69, 9.17) is 0 Å². The average molecular weight is 204 g/mol. The van der Waals surface area contributed by atoms with Crippen molar-refractivity contribution in [1.29, 1.82) is 0 Å². The normalized spacial score (nSPS) is 22.9. The van der Waals surface area contributed by atoms with Crippen molar-refractivity contribution in [2.75, 3.05) is 6.54 Å². The van der Waals surface area contributed by atoms with Crippen molar-refractivity contribution in [2.24, 2.45) is 0 Å². The molecule has 2 heteroatoms. The van der Waals surface area contributed by atoms with E-state index in [-0.39, 0.29) is 6.10 Å². The molecule has 0 aromatic heterocycles. The molecule has 1 fully saturated rings. The molecule has 1 aromatic carbocycles. The number of rotatable bonds is 4. The number of benzene rings is 1. The Hall–Kier alpha value is -0.860. The number of hydrogen-bond donors (Lipinski definition) is 1. The van der Waals surface area contributed by atoms with Crippen LogP contribution < -0.4 is 5.32 Å². The fraction of sp³-hybridized carbons (Fsp3) is 0.538. The Morgan fingerprint density at radius 1 is 1.33 bits per heavy atom. The molecule has 2 nitrogen and oxygen atoms in total. The third-order valence-corrected chi connectivity index (χ3v) is 3.04. The van der Waals surface area contributed by atoms with Crippen LogP contribution in [0.1, 0.15) is 37.4 Å². The molecule has 15 heavy (non-hydrogen) atoms. The Morgan fingerprint density at radius 3 is 2.80 bits per heavy atom. The molecule has 1 aromatic rings. The molecule has 0 bridgehead atoms. The predicted molar refractivity (Wildman–Crippen MR) is 60.7 cm³/mol. The summed E-state index contributed by atoms with van der Waals surface area (Å²) in [6, 6.07) is 10.4. The maximum absolute atomic E-state index is 9.94. The second-order valence-electron chi connectivity index (χ2n) is 4.21. The predicted octanol–water partition coefficient (Wildman–Crippen LogP) is 2.27. The quantitative estimate of drug-likeness (QED) is 0.802. The average Bonchev–Trinajstić information content (AvgIpc) is 2.80. The fourth-order valence-corrected chi connectivity index (χ4v) is 2.12. The maximum Gasteiger partial charge on any atom is 0.0790 e. The van der Waals surface area contributed by atoms with Crippen LogP contribution in [0.2, 0.25) is 0 Å². The molecule has 81 valence electrons. The van der Waals surface area contributed by atoms with Gasteiger partial charge in [0, 0.05) is 12.6 Å². The maximum atomic E-state index is 9.94. The Bertz CT molecular complexity index is 280. The van der Waals surface area contributed by atoms with Crippen molar-refractivity contribution in [1.82, 2.24) is 5.32 Å². The van der Waals surface area contributed by atoms with Crippen LogP contribution >= 0.6 is 0 Å². The highest BCUT2D eigenvalue weighted by Gasteiger charge is 2.17. The van der Waals surface area contributed by atoms with Crippen LogP contribution in [0.5, 0.6) is 0 Å². The highest BCUT2D eigenvalue weighted by Crippen LogP contribution is 2.21. The third-order valence-electron chi connectivity index (χ3n) is 3.04. The minimum Gasteiger partial charge on any atom is -0.388 e. The summed E-state index contributed by atoms with van der Waals surface area (Å²) < 4.78 is 0. The topological polar surface area (TPSA) is 34.3 Å². The minimum atomic E-state index is -0.318. The Morgan fingerprint density at radius 2 is 2.13 bits per heavy atom. The number of aliphatic hydroxyl groups is 1. The van der Waals surface area contributed by atoms with E-state index in [0.29, 0.717) is 6.04 Å². The molecule has 2 unspecified atom stereocenters. The summed E-state index contributed by atoms with van der Waals surface area (Å²) in [5.74, 6) is 0. The lowest BCUT2D eigenvalue weighted by atomic mass is 10.0. The summed E-state index contributed by atoms with van der Waals surface area (Å²) in [6.45, 7) is 1.02. The third kappa shape index (κ3) is 3.05. The lowest BCUT2D eigenvalue weighted by Gasteiger charge is -2.13. The molecule has 1 radical (unpaired) electrons. The zero-order valence-electron chi connectivity index (χ0n) is 8.97. The van der Waals surface area contributed by atoms with Gasteiger partial charge in [0.25, 0.3) is 0 Å². The van der Waals surface area contributed by atoms with Crippen molar-refractivity contribution in [3.63, 3.8) is 0 Å². The zero-order valence-corrected chi connectivity index (χ0v) is 8.97. The van der Waals surface area contributed by atoms with E-state index in [1.807, 2.05) is 30.3 Å². The van der Waals surface area contributed by atoms with E-state index < -0.39 is 0 Å². The summed E-state index contributed by atoms with van der Waals surface area (Å²) >= 11 is 0. The van der Waals surface area contributed by atoms with Gasteiger partial charge in [0.15, 0.2) is 0 Å². The molecule has 1 heterocycles. The SMILES string of the molecule is OC(CCC1CCC[N]1)c1ccccc1. The first-order chi connectivity index (χ1) is 7.36. The molecular formula is C13H18NO. The van der Waals surface area contributed by atoms with Gasteiger partial charge in [0.2, 0.25) is 0 Å². The van der Waals surface area contributed by atoms with Gasteiger partial charge in [-0.25, -0.2) is 5.32 Å². The second kappa shape index (κ2) is 5.29. The Kier molecular flexibility index (Phi) is 3.75. The van der Waals surface area contributed by atoms with Gasteiger partial charge in [-0.15, -0.1) is 0 Å². The molecule has 1 aliphatic heterocycles. The van der Waals surface area contributed by atoms with Crippen LogP contribution in [0.4, 0.5) is 0 Å². The molecular weight excluding hydrogens is 186 g/mol. The van der Waals surface area contributed by atoms with E-state index in [1.54, 1.807) is 0 Å². The highest BCUT2D eigenvalue weighted by atomic mass is 16.3. The van der Waals surface area contributed by atoms with Gasteiger partial charge >= 0.3 is 0 Å². The smallest absolute Gasteiger partial charge is 0.0790 e. The molecule has 0 aliphatic carbocycles. The molecule has 1 N–H and O–H groups in total. The van der Waals surface area contributed by atoms with Gasteiger partial charge in [0.05, 0.1) is 6.10 Å². The molecule has 0 amide bonds. The first-order valence-corrected chi connectivity index (χ1v) is 5.76. The lowest BCUT2D eigenvalue weighted by Crippen LogP contribution is -2.15. The largest absolute Gasteiger partial charge is 0.388 e. The van der Waals surface area contributed by atoms with Crippen LogP contribution in [0, 0.1) is 0 Å². The van der Waals surface area contributed by atoms with Gasteiger partial charge in [-0.3, -0.25) is 0 Å². The van der Waals surface area contributed by atoms with E-state index >= 15 is 0 Å². The molecule has 0 spiro atoms. The number of aliphatic hydroxyl groups excluding tert-OH is 1. The zero-order chi connectivity index (χ0) is 10.5. The molecule has 2 atom stereocenters. The molecule has 0 saturated carbocycles. The van der Waals surface area contributed by atoms with Crippen LogP contribution in [-0.2, 0) is 0 Å². The molecule has 1 aliphatic rings. The summed E-state index contributed by atoms with van der Waals surface area (Å²) in [5.41, 5.74) is 1.02. The van der Waals surface area contributed by atoms with Gasteiger partial charge in [-0.05, 0) is 31.2 Å². The van der Waals surface area contributed by atoms with Crippen LogP contribution in [-0.4, -0.2) is 17.7 Å². The van der Waals surface area contributed by atoms with Crippen molar-refractivity contribution in [3.05, 3.63) is 35.9 Å². The van der Waals surface area contributed by atoms with Crippen molar-refractivity contribution >= 4 is 0 Å². The van der Waals surface area contributed by atoms with Gasteiger partial charge in [-0.2, -0.15) is 0 Å². The van der Waals surface area contributed by atoms with Crippen LogP contribution in [0.15, 0.2) is 30.3 Å². The first kappa shape index (κ1) is 10.7. The van der Waals surface area contributed by atoms with Crippen molar-refractivity contribution < 1.29 is 5.11 Å². The summed E-state index contributed by atoms with van der Waals surface area (Å²) in [4.78, 5) is 0. The first-order valence-electron chi connectivity index (χ1n) is 5.76. The minimum absolute atomic E-state index is 0.318. The van der Waals surface area contributed by atoms with Gasteiger partial charge < -0.3 is 5.11 Å². The summed E-state index contributed by atoms with van der Waals surface area (Å²) in [5, 5.41) is 14.4. The number of nitrogens with zero attached hydrogens (tertiary/aromatic N) is 1. The standard InChI is InChI=1S/C13H18NO/c15-13(11-5-2-1-3-6-11)9-8-12-7-4-10-14-12/h1-3,5-6,12-13,15H,4,7-10H2. The molecule has 1 saturated heterocycles. The highest BCUT2D eigenvalue weighted by molar-refractivity contribution is 5.17. The van der Waals surface area contributed by atoms with E-state index in [0.717, 1.165) is 24.9 Å². The Balaban J connectivity index is 1.79. The summed E-state index contributed by atoms with van der Waals surface area (Å²) in [7, 11) is 0. The van der Waals surface area contributed by atoms with E-state index in [2.05, 4.69) is 5.32 Å². The van der Waals surface area contributed by atoms with Crippen LogP contribution in [0.3, 0.4) is 0 Å². The monoisotopic (exact) mass is 204 g/mol. The van der Waals surface area contributed by atoms with Gasteiger partial charge in [-0.1, -0.05) is 30.3 Å². The summed E-state index contributed by atoms with van der Waals surface area (Å²) in [6.07, 6.45) is 3.98. The van der Waals surface area contributed by atoms with E-state index in [9.17, 15) is 5.11 Å². The van der Waals surface area contributed by atoms with Crippen molar-refractivity contribution in [2.45, 2.75) is 37.8 Å². The lowest BCUT2D eigenvalue weighted by molar-refractivity contribution is 0.160. The molecule has 2 rings (SSSR count). The Labute approximate surface area is 91.3 Å². The van der Waals surface area contributed by atoms with Gasteiger partial charge in [0.1, 0.15) is 0 Å². The van der Waals surface area contributed by atoms with E-state index in [1.165, 1.54) is 12.8 Å². The van der Waals surface area contributed by atoms with Crippen molar-refractivity contribution in [3.8, 4) is 0 Å². The fourth-order valence-electron chi connectivity index (χ4n) is 2.12. The second-order valence-corrected chi connectivity index (χ2v) is 4.21. The van der Waals surface area contributed by atoms with Crippen LogP contribution in [0.25, 0.3) is 0 Å².